The van der Waals surface area contributed by atoms with Crippen LogP contribution in [-0.2, 0) is 0 Å². The van der Waals surface area contributed by atoms with E-state index in [0.29, 0.717) is 0 Å². The maximum absolute atomic E-state index is 4.15. The van der Waals surface area contributed by atoms with E-state index in [0.717, 1.165) is 5.03 Å². The van der Waals surface area contributed by atoms with Crippen molar-refractivity contribution in [2.45, 2.75) is 0 Å². The second-order valence-corrected chi connectivity index (χ2v) is 3.26. The molecule has 0 aliphatic carbocycles. The summed E-state index contributed by atoms with van der Waals surface area (Å²) >= 11 is 3.41. The van der Waals surface area contributed by atoms with E-state index in [1.54, 1.807) is 23.5 Å². The summed E-state index contributed by atoms with van der Waals surface area (Å²) in [5.41, 5.74) is 0. The van der Waals surface area contributed by atoms with E-state index in [1.165, 1.54) is 4.91 Å². The van der Waals surface area contributed by atoms with Crippen molar-refractivity contribution in [2.24, 2.45) is 0 Å². The Hall–Kier alpha value is -0.0200. The predicted octanol–water partition coefficient (Wildman–Crippen LogP) is 2.01. The highest BCUT2D eigenvalue weighted by Gasteiger charge is 2.03. The van der Waals surface area contributed by atoms with Crippen LogP contribution in [0.4, 0.5) is 0 Å². The van der Waals surface area contributed by atoms with Crippen LogP contribution >= 0.6 is 23.5 Å². The lowest BCUT2D eigenvalue weighted by molar-refractivity contribution is 1.18. The van der Waals surface area contributed by atoms with Crippen LogP contribution in [0.2, 0.25) is 0 Å². The maximum atomic E-state index is 4.15. The van der Waals surface area contributed by atoms with Crippen LogP contribution in [0, 0.1) is 0 Å². The molecule has 0 spiro atoms. The minimum absolute atomic E-state index is 1.11. The lowest BCUT2D eigenvalue weighted by Crippen LogP contribution is -1.83. The quantitative estimate of drug-likeness (QED) is 0.610. The van der Waals surface area contributed by atoms with Crippen molar-refractivity contribution in [1.29, 1.82) is 0 Å². The van der Waals surface area contributed by atoms with Crippen LogP contribution < -0.4 is 5.32 Å². The summed E-state index contributed by atoms with van der Waals surface area (Å²) in [6, 6.07) is 0. The highest BCUT2D eigenvalue weighted by molar-refractivity contribution is 8.03. The minimum atomic E-state index is 1.11. The van der Waals surface area contributed by atoms with Crippen molar-refractivity contribution < 1.29 is 0 Å². The van der Waals surface area contributed by atoms with Crippen molar-refractivity contribution in [3.63, 3.8) is 0 Å². The molecule has 0 saturated heterocycles. The Morgan fingerprint density at radius 3 is 2.44 bits per heavy atom. The fraction of sp³-hybridized carbons (Fsp3) is 0.333. The van der Waals surface area contributed by atoms with Crippen LogP contribution in [0.15, 0.2) is 22.2 Å². The highest BCUT2D eigenvalue weighted by Crippen LogP contribution is 2.24. The molecule has 0 bridgehead atoms. The van der Waals surface area contributed by atoms with Crippen molar-refractivity contribution in [1.82, 2.24) is 5.32 Å². The van der Waals surface area contributed by atoms with Gasteiger partial charge in [-0.05, 0) is 18.6 Å². The van der Waals surface area contributed by atoms with Gasteiger partial charge < -0.3 is 0 Å². The molecular weight excluding hydrogens is 150 g/mol. The third-order valence-electron chi connectivity index (χ3n) is 1.03. The van der Waals surface area contributed by atoms with Gasteiger partial charge in [0.2, 0.25) is 0 Å². The van der Waals surface area contributed by atoms with E-state index < -0.39 is 0 Å². The normalized spacial score (nSPS) is 16.7. The molecule has 1 radical (unpaired) electrons. The van der Waals surface area contributed by atoms with E-state index in [9.17, 15) is 0 Å². The Bertz CT molecular complexity index is 160. The lowest BCUT2D eigenvalue weighted by atomic mass is 10.6. The molecule has 1 aliphatic rings. The monoisotopic (exact) mass is 158 g/mol. The first-order valence-electron chi connectivity index (χ1n) is 2.57. The first kappa shape index (κ1) is 7.09. The number of thioether (sulfide) groups is 2. The predicted molar refractivity (Wildman–Crippen MR) is 45.3 cm³/mol. The number of allylic oxidation sites excluding steroid dienone is 1. The Balaban J connectivity index is 2.52. The molecule has 1 rings (SSSR count). The second kappa shape index (κ2) is 3.22. The second-order valence-electron chi connectivity index (χ2n) is 1.55. The summed E-state index contributed by atoms with van der Waals surface area (Å²) in [5, 5.41) is 5.26. The number of hydrogen-bond donors (Lipinski definition) is 0. The fourth-order valence-corrected chi connectivity index (χ4v) is 1.41. The first-order valence-corrected chi connectivity index (χ1v) is 5.02. The molecule has 49 valence electrons. The van der Waals surface area contributed by atoms with Gasteiger partial charge in [0.05, 0.1) is 5.03 Å². The van der Waals surface area contributed by atoms with Gasteiger partial charge in [0.15, 0.2) is 0 Å². The highest BCUT2D eigenvalue weighted by atomic mass is 32.2. The Morgan fingerprint density at radius 2 is 2.11 bits per heavy atom. The summed E-state index contributed by atoms with van der Waals surface area (Å²) < 4.78 is 0. The fourth-order valence-electron chi connectivity index (χ4n) is 0.547. The summed E-state index contributed by atoms with van der Waals surface area (Å²) in [7, 11) is 0. The smallest absolute Gasteiger partial charge is 0.0969 e. The molecule has 0 saturated carbocycles. The molecule has 9 heavy (non-hydrogen) atoms. The van der Waals surface area contributed by atoms with Gasteiger partial charge in [-0.25, -0.2) is 5.32 Å². The van der Waals surface area contributed by atoms with E-state index in [-0.39, 0.29) is 0 Å². The van der Waals surface area contributed by atoms with Gasteiger partial charge in [0.1, 0.15) is 0 Å². The van der Waals surface area contributed by atoms with Crippen LogP contribution in [0.5, 0.6) is 0 Å². The molecule has 0 fully saturated rings. The molecule has 1 nitrogen and oxygen atoms in total. The van der Waals surface area contributed by atoms with E-state index in [2.05, 4.69) is 17.6 Å². The molecule has 1 aliphatic heterocycles. The SMILES string of the molecule is CSC1=C[N]C(SC)=C1. The van der Waals surface area contributed by atoms with Gasteiger partial charge >= 0.3 is 0 Å². The summed E-state index contributed by atoms with van der Waals surface area (Å²) in [5.74, 6) is 0. The van der Waals surface area contributed by atoms with Crippen molar-refractivity contribution in [2.75, 3.05) is 12.5 Å². The Labute approximate surface area is 64.0 Å². The molecule has 0 aromatic heterocycles. The van der Waals surface area contributed by atoms with Gasteiger partial charge in [-0.3, -0.25) is 0 Å². The topological polar surface area (TPSA) is 14.1 Å². The van der Waals surface area contributed by atoms with Gasteiger partial charge in [0, 0.05) is 11.1 Å². The van der Waals surface area contributed by atoms with Crippen LogP contribution in [0.25, 0.3) is 0 Å². The largest absolute Gasteiger partial charge is 0.249 e. The number of hydrogen-bond acceptors (Lipinski definition) is 2. The average Bonchev–Trinajstić information content (AvgIpc) is 2.34. The van der Waals surface area contributed by atoms with E-state index in [1.807, 2.05) is 12.5 Å². The van der Waals surface area contributed by atoms with Crippen molar-refractivity contribution in [3.8, 4) is 0 Å². The summed E-state index contributed by atoms with van der Waals surface area (Å²) in [6.45, 7) is 0. The maximum Gasteiger partial charge on any atom is 0.0969 e. The molecule has 0 aromatic rings. The zero-order chi connectivity index (χ0) is 6.69. The number of nitrogens with zero attached hydrogens (tertiary/aromatic N) is 1. The van der Waals surface area contributed by atoms with Gasteiger partial charge in [-0.2, -0.15) is 0 Å². The minimum Gasteiger partial charge on any atom is -0.249 e. The molecule has 3 heteroatoms. The Morgan fingerprint density at radius 1 is 1.33 bits per heavy atom. The Kier molecular flexibility index (Phi) is 2.54. The summed E-state index contributed by atoms with van der Waals surface area (Å²) in [6.07, 6.45) is 8.08. The third kappa shape index (κ3) is 1.69. The zero-order valence-electron chi connectivity index (χ0n) is 5.42. The van der Waals surface area contributed by atoms with Gasteiger partial charge in [-0.1, -0.05) is 0 Å². The lowest BCUT2D eigenvalue weighted by Gasteiger charge is -1.88. The molecule has 0 N–H and O–H groups in total. The molecule has 0 amide bonds. The average molecular weight is 158 g/mol. The molecule has 0 unspecified atom stereocenters. The van der Waals surface area contributed by atoms with E-state index in [4.69, 9.17) is 0 Å². The van der Waals surface area contributed by atoms with Crippen LogP contribution in [0.1, 0.15) is 0 Å². The molecule has 0 atom stereocenters. The summed E-state index contributed by atoms with van der Waals surface area (Å²) in [4.78, 5) is 1.25. The van der Waals surface area contributed by atoms with E-state index >= 15 is 0 Å². The van der Waals surface area contributed by atoms with Crippen LogP contribution in [-0.4, -0.2) is 12.5 Å². The molecule has 1 heterocycles. The number of rotatable bonds is 2. The van der Waals surface area contributed by atoms with Gasteiger partial charge in [0.25, 0.3) is 0 Å². The van der Waals surface area contributed by atoms with Crippen molar-refractivity contribution in [3.05, 3.63) is 22.2 Å². The van der Waals surface area contributed by atoms with Crippen LogP contribution in [0.3, 0.4) is 0 Å². The zero-order valence-corrected chi connectivity index (χ0v) is 7.05. The molecular formula is C6H8NS2. The standard InChI is InChI=1S/C6H8NS2/c1-8-5-3-6(9-2)7-4-5/h3-4H,1-2H3. The first-order chi connectivity index (χ1) is 4.36. The molecule has 0 aromatic carbocycles. The van der Waals surface area contributed by atoms with Gasteiger partial charge in [-0.15, -0.1) is 23.5 Å². The third-order valence-corrected chi connectivity index (χ3v) is 2.37. The van der Waals surface area contributed by atoms with Crippen molar-refractivity contribution >= 4 is 23.5 Å².